The number of thiocarbonyl (C=S) groups is 1. The molecule has 0 radical (unpaired) electrons. The maximum absolute atomic E-state index is 12.6. The minimum Gasteiger partial charge on any atom is -0.462 e. The summed E-state index contributed by atoms with van der Waals surface area (Å²) >= 11 is 10.2. The minimum atomic E-state index is -0.672. The number of esters is 2. The fourth-order valence-corrected chi connectivity index (χ4v) is 8.59. The van der Waals surface area contributed by atoms with Crippen molar-refractivity contribution >= 4 is 94.3 Å². The Balaban J connectivity index is -0.00000000895. The lowest BCUT2D eigenvalue weighted by molar-refractivity contribution is -0.137. The van der Waals surface area contributed by atoms with E-state index in [4.69, 9.17) is 577 Å². The normalized spacial score (nSPS) is 29.8. The Morgan fingerprint density at radius 3 is 1.44 bits per heavy atom. The van der Waals surface area contributed by atoms with Crippen LogP contribution in [-0.2, 0) is 57.3 Å². The van der Waals surface area contributed by atoms with E-state index < -0.39 is 47.0 Å². The fourth-order valence-electron chi connectivity index (χ4n) is 8.11. The summed E-state index contributed by atoms with van der Waals surface area (Å²) < 4.78 is 1790. The molecule has 3 aliphatic carbocycles. The van der Waals surface area contributed by atoms with Crippen molar-refractivity contribution in [2.45, 2.75) is 141 Å². The summed E-state index contributed by atoms with van der Waals surface area (Å²) in [5, 5.41) is 5.42. The van der Waals surface area contributed by atoms with E-state index in [1.54, 1.807) is 122 Å². The molecule has 0 saturated heterocycles. The van der Waals surface area contributed by atoms with E-state index in [9.17, 15) is 33.6 Å². The highest BCUT2D eigenvalue weighted by molar-refractivity contribution is 7.80. The molecule has 0 saturated carbocycles. The number of nitrogens with one attached hydrogen (secondary N) is 4. The number of H-pyrrole nitrogens is 2. The summed E-state index contributed by atoms with van der Waals surface area (Å²) in [5.41, 5.74) is 10.8. The Morgan fingerprint density at radius 2 is 1.04 bits per heavy atom. The molecular formula is C56H435N11O12S2. The van der Waals surface area contributed by atoms with Crippen molar-refractivity contribution < 1.29 is 578 Å². The van der Waals surface area contributed by atoms with Crippen molar-refractivity contribution in [1.29, 1.82) is 0 Å². The lowest BCUT2D eigenvalue weighted by Gasteiger charge is -2.25. The molecule has 798 valence electrons. The number of amides is 4. The molecule has 0 bridgehead atoms. The molecule has 23 nitrogen and oxygen atoms in total. The van der Waals surface area contributed by atoms with Crippen molar-refractivity contribution in [3.8, 4) is 11.1 Å². The first-order chi connectivity index (χ1) is 212. The summed E-state index contributed by atoms with van der Waals surface area (Å²) in [4.78, 5) is 108. The number of rotatable bonds is 8. The molecule has 4 amide bonds. The standard InChI is InChI=1S/C20H26N4O5S.C17H23N3O4.C16H18N4O3S.3CH4.178H2/c1-7-28-17(26)15-12-8-9-21-16(24(6)19(27)29-20(3,4)5)13(12)10-14(15)23-18(30)22-11(2)25;1-6-23-15(21)13-10-7-8-19-14(11(10)9-12(13)18)20(5)16(22)24-17(2,3)4;1-16(2,3)23-15(22)20(4)12-9-7-10-11(8(9)5-6-17-12)13(21)19-14(24)18-10;;;;;;;;;;;;;;;;;;;;;;;;;;;;;;;;;;;;;;;;;;;;;;;;;;;;;;;;;;;;;;;;;;;;;;;;;;;;;;;;;;;;;;;;;;;;;;;;;;;;;;;;;;;;;;;;;;;;;;;;;;;;;;;;;;;;;;;;;;;;;;;;;;;;;;;;;;;;;;;;;;;;;;;;;;;;;;;;;;;;;/h8-9H,7,10H2,1-6H3,(H2,22,23,25,30);7-8H,6,9,18H2,1-5H3;5-6H,7H2,1-4H3,(H2,18,19,21,24);3*1H4;178*1H/i;;;;;;176*1+1D;2*1+1. The molecule has 6 N–H and O–H groups in total. The van der Waals surface area contributed by atoms with Crippen molar-refractivity contribution in [1.82, 2.24) is 35.6 Å². The molecular weight excluding hydrogens is 1080 g/mol. The molecule has 0 fully saturated rings. The van der Waals surface area contributed by atoms with E-state index in [0.717, 1.165) is 16.8 Å². The second-order valence-corrected chi connectivity index (χ2v) is 21.5. The molecule has 81 heavy (non-hydrogen) atoms. The van der Waals surface area contributed by atoms with E-state index in [2.05, 4.69) is 35.6 Å². The third-order valence-electron chi connectivity index (χ3n) is 11.1. The quantitative estimate of drug-likeness (QED) is 0.0548. The number of hydrogen-bond acceptors (Lipinski definition) is 18. The average Bonchev–Trinajstić information content (AvgIpc) is 1.60. The zero-order valence-electron chi connectivity index (χ0n) is 398. The average molecular weight is 1880 g/mol. The maximum atomic E-state index is 12.6. The lowest BCUT2D eigenvalue weighted by atomic mass is 10.1. The topological polar surface area (TPSA) is 296 Å². The molecule has 3 aliphatic rings. The third-order valence-corrected chi connectivity index (χ3v) is 11.5. The highest BCUT2D eigenvalue weighted by Gasteiger charge is 2.35. The van der Waals surface area contributed by atoms with Crippen LogP contribution in [0.5, 0.6) is 0 Å². The highest BCUT2D eigenvalue weighted by atomic mass is 32.1. The van der Waals surface area contributed by atoms with Crippen LogP contribution in [0.15, 0.2) is 53.0 Å². The summed E-state index contributed by atoms with van der Waals surface area (Å²) in [6.45, 7) is 21.3. The molecule has 25 heteroatoms. The van der Waals surface area contributed by atoms with Crippen LogP contribution in [0.3, 0.4) is 0 Å². The van der Waals surface area contributed by atoms with Crippen molar-refractivity contribution in [3.63, 3.8) is 0 Å². The van der Waals surface area contributed by atoms with Crippen molar-refractivity contribution in [3.05, 3.63) is 96.8 Å². The van der Waals surface area contributed by atoms with Gasteiger partial charge in [-0.3, -0.25) is 29.3 Å². The monoisotopic (exact) mass is 1880 g/mol. The van der Waals surface area contributed by atoms with Crippen molar-refractivity contribution in [2.75, 3.05) is 49.1 Å². The molecule has 0 unspecified atom stereocenters. The molecule has 7 rings (SSSR count). The van der Waals surface area contributed by atoms with Crippen LogP contribution in [0, 0.1) is 4.77 Å². The molecule has 4 aromatic rings. The molecule has 0 aromatic carbocycles. The van der Waals surface area contributed by atoms with Gasteiger partial charge >= 0.3 is 30.2 Å². The van der Waals surface area contributed by atoms with Gasteiger partial charge in [-0.05, 0) is 135 Å². The number of allylic oxidation sites excluding steroid dienone is 2. The van der Waals surface area contributed by atoms with Gasteiger partial charge in [0, 0.05) is 625 Å². The maximum Gasteiger partial charge on any atom is 0.415 e. The summed E-state index contributed by atoms with van der Waals surface area (Å²) in [6.07, 6.45) is 4.04. The number of carbonyl (C=O) groups excluding carboxylic acids is 6. The van der Waals surface area contributed by atoms with E-state index in [1.165, 1.54) is 34.0 Å². The van der Waals surface area contributed by atoms with Crippen LogP contribution in [0.2, 0.25) is 0 Å². The minimum absolute atomic E-state index is 0. The van der Waals surface area contributed by atoms with Gasteiger partial charge in [-0.25, -0.2) is 38.9 Å². The van der Waals surface area contributed by atoms with Gasteiger partial charge in [0.1, 0.15) is 34.3 Å². The van der Waals surface area contributed by atoms with Crippen LogP contribution < -0.4 is 36.6 Å². The van der Waals surface area contributed by atoms with Gasteiger partial charge in [0.15, 0.2) is 9.88 Å². The van der Waals surface area contributed by atoms with Gasteiger partial charge in [-0.1, -0.05) is 22.3 Å². The number of pyridine rings is 3. The number of nitrogens with zero attached hydrogens (tertiary/aromatic N) is 6. The number of nitrogens with two attached hydrogens (primary N) is 1. The van der Waals surface area contributed by atoms with Gasteiger partial charge in [0.25, 0.3) is 5.56 Å². The second kappa shape index (κ2) is 27.9. The van der Waals surface area contributed by atoms with E-state index in [-0.39, 0.29) is 71.7 Å². The Morgan fingerprint density at radius 1 is 0.654 bits per heavy atom. The van der Waals surface area contributed by atoms with Crippen LogP contribution in [-0.4, -0.2) is 117 Å². The first-order valence-corrected chi connectivity index (χ1v) is 25.4. The predicted molar refractivity (Wildman–Crippen MR) is 695 cm³/mol. The van der Waals surface area contributed by atoms with E-state index in [1.807, 2.05) is 0 Å². The SMILES string of the molecule is C.C.C.CCOC(=O)C1=C(N)Cc2c1ccnc2N(C)C(=O)OC(C)(C)C.CCOC(=O)C1=C(NC(=S)NC(C)=O)Cc2c1ccnc2N(C)C(=O)OC(C)(C)C.CN(C(=O)OC(C)(C)C)c1nccc2c1Cc1[nH]c(=S)[nH]c(=O)c1-2.[2HH].[2HH].[2H][2H].[2H][2H].[2H][2H].[2H][2H].[2H][2H].[2H][2H].[2H][2H].[2H][2H].[2H][2H].[2H][2H].[2H][2H].[2H][2H].[2H][2H].[2H][2H].[2H][2H].[2H][2H].[2H][2H].[2H][2H].[2H][2H].[2H][2H].[2H][2H].[2H][2H].[2H][2H].[2H][2H].[2H][2H].[2H][2H].[2H][2H].[2H][2H].[2H][2H].[2H][2H].[2H][2H].[2H][2H].[2H][2H].[2H][2H].[2H][2H].[2H][2H].[2H][2H].[2H][2H].[2H][2H].[2H][2H].[2H][2H].[2H][2H].[2H][2H].[2H][2H].[2H][2H].[2H][2H].[2H][2H].[2H][2H].[2H][2H].[2H][2H].[2H][2H].[2H][2H].[2H][2H].[2H][2H].[2H][2H].[2H][2H].[2H][2H].[2H][2H].[2H][2H].[2H][2H].[2H][2H].[2H][2H].[2H][2H].[2H][2H].[2H][2H].[2H][2H].[2H][2H].[2H][2H].[2H][2H].[2H][2H].[2H][2H].[2H][2H].[2H][2H].[2H][2H].[2H][2H].[2H][2H].[2H][2H].[2H][2H].[2H][2H].[2H][2H].[2H][2H].[2H][2H].[2H][2H].[2H][2H].[2H][2H].[2H][2H].[2H][2H].[2H][2H].[2H][2H].[2H][2H].[2H][2H].[2H][2H].[2H][2H].[2H][2H].[2H][2H].[2H][2H].[2H][2H].[2H][2H].[2H][2H].[2H][2H].[2H][2H].[2H][2H].[2H][2H].[2H][2H].[2H][2H].[2H][2H].[2H][2H].[2H][2H].[2H][2H].[2H][2H].[2H][2H].[2H][2H].[2H][2H].[2H][2H].[2H][2H].[2H][2H].[2H][2H].[2H][2H].[2H][2H].[2H][2H].[2H][2H].[2H][2H].[2H][2H].[2H][2H].[2H][2H].[2H][2H].[2H][2H].[2H][2H].[2H][2H].[2H][2H].[2H][2H].[2H][2H].[2H][2H].[2H][2H].[2H][2H].[2H][2H].[2H][2H].[2H][2H].[2H][2H].[2H][2H].[2H][2H].[2H][2H].[2H][2H].[2H][2H].[2H][2H].[2H][2H].[2H][2H].[2H][2H].[2H][2H].[2H][2H].[2H][2H].[2H][2H].[2H][2H].[2H][2H].[2H][2H].[2H][2H].[2H][2H].[2H][2H].[2H][2H].[2H][2H].[2H][2H].[2H][2H].[2H][2H].[2H][2H].[2H][2H].[2H][2H].[2H][2H].[2H][2H].[2H][2H].[2H][2H].[2H][2H].[2H][2H].[2H][2H].[2H][2H].[2H][2H].[2H][2H]. The fraction of sp³-hybridized carbons (Fsp3) is 0.464. The van der Waals surface area contributed by atoms with Gasteiger partial charge in [-0.15, -0.1) is 0 Å². The van der Waals surface area contributed by atoms with Gasteiger partial charge < -0.3 is 45.0 Å². The van der Waals surface area contributed by atoms with E-state index in [0.29, 0.717) is 75.1 Å². The van der Waals surface area contributed by atoms with Gasteiger partial charge in [-0.2, -0.15) is 0 Å². The number of fused-ring (bicyclic) bond motifs is 5. The van der Waals surface area contributed by atoms with E-state index >= 15 is 0 Å². The highest BCUT2D eigenvalue weighted by Crippen LogP contribution is 2.40. The van der Waals surface area contributed by atoms with Crippen LogP contribution in [0.25, 0.3) is 22.3 Å². The molecule has 4 heterocycles. The third kappa shape index (κ3) is 17.2. The Hall–Kier alpha value is -8.06. The van der Waals surface area contributed by atoms with Crippen LogP contribution >= 0.6 is 24.4 Å². The molecule has 0 atom stereocenters. The smallest absolute Gasteiger partial charge is 0.415 e. The van der Waals surface area contributed by atoms with Gasteiger partial charge in [0.2, 0.25) is 5.91 Å². The molecule has 0 spiro atoms. The summed E-state index contributed by atoms with van der Waals surface area (Å²) in [5.74, 6) is -0.105. The zero-order valence-corrected chi connectivity index (χ0v) is 48.1. The predicted octanol–water partition coefficient (Wildman–Crippen LogP) is 53.0. The largest absolute Gasteiger partial charge is 0.462 e. The number of aromatic amines is 2. The number of anilines is 3. The number of ether oxygens (including phenoxy) is 5. The first-order valence-electron chi connectivity index (χ1n) is 201. The molecule has 0 aliphatic heterocycles. The number of hydrogen-bond donors (Lipinski definition) is 5. The van der Waals surface area contributed by atoms with Crippen LogP contribution in [0.4, 0.5) is 31.8 Å². The summed E-state index contributed by atoms with van der Waals surface area (Å²) in [6, 6.07) is 5.14. The first kappa shape index (κ1) is 6.04. The second-order valence-electron chi connectivity index (χ2n) is 20.7. The number of carbonyl (C=O) groups is 6. The summed E-state index contributed by atoms with van der Waals surface area (Å²) in [7, 11) is 4.73. The Labute approximate surface area is 1030 Å². The Bertz CT molecular complexity index is 3540. The zero-order chi connectivity index (χ0) is 410. The number of aromatic nitrogens is 5. The van der Waals surface area contributed by atoms with Crippen LogP contribution in [0.1, 0.15) is 664 Å². The Kier molecular flexibility index (Phi) is 2.08. The van der Waals surface area contributed by atoms with Gasteiger partial charge in [0.05, 0.1) is 29.9 Å². The molecule has 4 aromatic heterocycles. The van der Waals surface area contributed by atoms with Crippen molar-refractivity contribution in [2.24, 2.45) is 5.73 Å². The lowest BCUT2D eigenvalue weighted by Crippen LogP contribution is -2.38.